The molecule has 0 saturated heterocycles. The monoisotopic (exact) mass is 518 g/mol. The maximum absolute atomic E-state index is 12.8. The number of benzene rings is 1. The molecule has 12 nitrogen and oxygen atoms in total. The molecule has 1 aromatic rings. The zero-order valence-corrected chi connectivity index (χ0v) is 21.6. The highest BCUT2D eigenvalue weighted by molar-refractivity contribution is 5.97. The third kappa shape index (κ3) is 14.9. The molecular weight excluding hydrogens is 476 g/mol. The highest BCUT2D eigenvalue weighted by Crippen LogP contribution is 2.23. The molecule has 2 atom stereocenters. The van der Waals surface area contributed by atoms with Gasteiger partial charge in [-0.15, -0.1) is 0 Å². The topological polar surface area (TPSA) is 167 Å². The van der Waals surface area contributed by atoms with E-state index >= 15 is 0 Å². The molecule has 36 heavy (non-hydrogen) atoms. The van der Waals surface area contributed by atoms with Crippen LogP contribution in [-0.4, -0.2) is 124 Å². The largest absolute Gasteiger partial charge is 0.479 e. The van der Waals surface area contributed by atoms with Crippen molar-refractivity contribution in [2.75, 3.05) is 74.4 Å². The number of aliphatic carboxylic acids is 1. The highest BCUT2D eigenvalue weighted by Gasteiger charge is 2.25. The van der Waals surface area contributed by atoms with Gasteiger partial charge in [0.1, 0.15) is 5.75 Å². The Morgan fingerprint density at radius 2 is 1.75 bits per heavy atom. The number of carbonyl (C=O) groups is 2. The van der Waals surface area contributed by atoms with E-state index in [9.17, 15) is 19.8 Å². The van der Waals surface area contributed by atoms with Crippen LogP contribution in [0.25, 0.3) is 0 Å². The number of methoxy groups -OCH3 is 1. The van der Waals surface area contributed by atoms with Crippen LogP contribution < -0.4 is 10.1 Å². The van der Waals surface area contributed by atoms with Crippen molar-refractivity contribution in [3.05, 3.63) is 29.3 Å². The molecule has 1 amide bonds. The first-order chi connectivity index (χ1) is 17.3. The van der Waals surface area contributed by atoms with E-state index in [-0.39, 0.29) is 50.5 Å². The zero-order chi connectivity index (χ0) is 27.3. The number of aliphatic hydroxyl groups is 3. The van der Waals surface area contributed by atoms with E-state index in [4.69, 9.17) is 29.2 Å². The Labute approximate surface area is 212 Å². The maximum atomic E-state index is 12.8. The summed E-state index contributed by atoms with van der Waals surface area (Å²) in [5.74, 6) is -1.68. The third-order valence-corrected chi connectivity index (χ3v) is 4.68. The summed E-state index contributed by atoms with van der Waals surface area (Å²) in [7, 11) is 6.45. The van der Waals surface area contributed by atoms with Crippen LogP contribution in [0, 0.1) is 0 Å². The number of aliphatic hydroxyl groups excluding tert-OH is 3. The van der Waals surface area contributed by atoms with Gasteiger partial charge in [0.15, 0.2) is 6.10 Å². The Morgan fingerprint density at radius 3 is 2.33 bits per heavy atom. The molecule has 0 heterocycles. The van der Waals surface area contributed by atoms with Gasteiger partial charge in [0.05, 0.1) is 44.7 Å². The molecule has 208 valence electrons. The van der Waals surface area contributed by atoms with Crippen LogP contribution in [-0.2, 0) is 25.6 Å². The Kier molecular flexibility index (Phi) is 19.5. The van der Waals surface area contributed by atoms with Crippen LogP contribution in [0.1, 0.15) is 28.8 Å². The molecule has 0 bridgehead atoms. The number of amides is 1. The van der Waals surface area contributed by atoms with Gasteiger partial charge in [-0.3, -0.25) is 4.79 Å². The molecule has 0 saturated carbocycles. The number of carbonyl (C=O) groups excluding carboxylic acids is 1. The summed E-state index contributed by atoms with van der Waals surface area (Å²) in [5.41, 5.74) is 0.850. The van der Waals surface area contributed by atoms with Gasteiger partial charge in [-0.1, -0.05) is 6.07 Å². The molecular formula is C24H42N2O10. The van der Waals surface area contributed by atoms with Gasteiger partial charge in [-0.05, 0) is 38.2 Å². The summed E-state index contributed by atoms with van der Waals surface area (Å²) in [6.45, 7) is 2.79. The lowest BCUT2D eigenvalue weighted by molar-refractivity contribution is -0.146. The van der Waals surface area contributed by atoms with Gasteiger partial charge in [-0.2, -0.15) is 0 Å². The highest BCUT2D eigenvalue weighted by atomic mass is 16.5. The van der Waals surface area contributed by atoms with Gasteiger partial charge in [0.2, 0.25) is 0 Å². The van der Waals surface area contributed by atoms with Crippen LogP contribution in [0.15, 0.2) is 18.2 Å². The SMILES string of the molecule is CO.COCc1ccc(OC(CC(O)CCO)C(=O)O)c(C(=O)NCCOCCOCCN(C)C)c1. The maximum Gasteiger partial charge on any atom is 0.344 e. The van der Waals surface area contributed by atoms with Crippen LogP contribution in [0.2, 0.25) is 0 Å². The lowest BCUT2D eigenvalue weighted by Crippen LogP contribution is -2.33. The number of nitrogens with zero attached hydrogens (tertiary/aromatic N) is 1. The van der Waals surface area contributed by atoms with E-state index in [0.29, 0.717) is 25.4 Å². The van der Waals surface area contributed by atoms with Gasteiger partial charge in [0, 0.05) is 40.3 Å². The Hall–Kier alpha value is -2.32. The lowest BCUT2D eigenvalue weighted by atomic mass is 10.1. The van der Waals surface area contributed by atoms with Crippen LogP contribution >= 0.6 is 0 Å². The van der Waals surface area contributed by atoms with Gasteiger partial charge in [-0.25, -0.2) is 4.79 Å². The number of rotatable bonds is 19. The van der Waals surface area contributed by atoms with E-state index in [1.165, 1.54) is 13.2 Å². The molecule has 0 spiro atoms. The standard InChI is InChI=1S/C23H38N2O9.CH4O/c1-25(2)8-11-33-13-12-32-10-7-24-22(28)19-14-17(16-31-3)4-5-20(19)34-21(23(29)30)15-18(27)6-9-26;1-2/h4-5,14,18,21,26-27H,6-13,15-16H2,1-3H3,(H,24,28)(H,29,30);2H,1H3. The minimum atomic E-state index is -1.39. The molecule has 1 rings (SSSR count). The first kappa shape index (κ1) is 33.7. The van der Waals surface area contributed by atoms with Crippen molar-refractivity contribution in [3.8, 4) is 5.75 Å². The molecule has 0 aliphatic heterocycles. The van der Waals surface area contributed by atoms with Crippen molar-refractivity contribution < 1.29 is 49.0 Å². The first-order valence-electron chi connectivity index (χ1n) is 11.6. The number of carboxylic acid groups (broad SMARTS) is 1. The smallest absolute Gasteiger partial charge is 0.344 e. The summed E-state index contributed by atoms with van der Waals surface area (Å²) in [6, 6.07) is 4.73. The van der Waals surface area contributed by atoms with Crippen LogP contribution in [0.4, 0.5) is 0 Å². The fourth-order valence-corrected chi connectivity index (χ4v) is 2.88. The summed E-state index contributed by atoms with van der Waals surface area (Å²) >= 11 is 0. The quantitative estimate of drug-likeness (QED) is 0.153. The average molecular weight is 519 g/mol. The van der Waals surface area contributed by atoms with Crippen molar-refractivity contribution in [1.29, 1.82) is 0 Å². The number of likely N-dealkylation sites (N-methyl/N-ethyl adjacent to an activating group) is 1. The van der Waals surface area contributed by atoms with Gasteiger partial charge < -0.3 is 49.6 Å². The second kappa shape index (κ2) is 20.8. The fourth-order valence-electron chi connectivity index (χ4n) is 2.88. The predicted molar refractivity (Wildman–Crippen MR) is 132 cm³/mol. The summed E-state index contributed by atoms with van der Waals surface area (Å²) in [5, 5.41) is 38.0. The molecule has 0 fully saturated rings. The first-order valence-corrected chi connectivity index (χ1v) is 11.6. The summed E-state index contributed by atoms with van der Waals surface area (Å²) in [4.78, 5) is 26.4. The third-order valence-electron chi connectivity index (χ3n) is 4.68. The molecule has 5 N–H and O–H groups in total. The summed E-state index contributed by atoms with van der Waals surface area (Å²) in [6.07, 6.45) is -2.66. The van der Waals surface area contributed by atoms with E-state index in [1.807, 2.05) is 19.0 Å². The second-order valence-corrected chi connectivity index (χ2v) is 7.89. The molecule has 0 aliphatic carbocycles. The van der Waals surface area contributed by atoms with Crippen molar-refractivity contribution in [2.24, 2.45) is 0 Å². The number of hydrogen-bond donors (Lipinski definition) is 5. The molecule has 0 aliphatic rings. The van der Waals surface area contributed by atoms with Gasteiger partial charge in [0.25, 0.3) is 5.91 Å². The van der Waals surface area contributed by atoms with Crippen LogP contribution in [0.5, 0.6) is 5.75 Å². The van der Waals surface area contributed by atoms with E-state index in [2.05, 4.69) is 5.32 Å². The average Bonchev–Trinajstić information content (AvgIpc) is 2.84. The van der Waals surface area contributed by atoms with Crippen molar-refractivity contribution >= 4 is 11.9 Å². The zero-order valence-electron chi connectivity index (χ0n) is 21.6. The predicted octanol–water partition coefficient (Wildman–Crippen LogP) is -0.268. The second-order valence-electron chi connectivity index (χ2n) is 7.89. The minimum Gasteiger partial charge on any atom is -0.479 e. The normalized spacial score (nSPS) is 12.4. The molecule has 2 unspecified atom stereocenters. The Bertz CT molecular complexity index is 733. The number of nitrogens with one attached hydrogen (secondary N) is 1. The lowest BCUT2D eigenvalue weighted by Gasteiger charge is -2.20. The Balaban J connectivity index is 0.00000596. The van der Waals surface area contributed by atoms with Crippen molar-refractivity contribution in [2.45, 2.75) is 31.7 Å². The number of ether oxygens (including phenoxy) is 4. The van der Waals surface area contributed by atoms with Crippen molar-refractivity contribution in [1.82, 2.24) is 10.2 Å². The van der Waals surface area contributed by atoms with E-state index < -0.39 is 24.1 Å². The number of hydrogen-bond acceptors (Lipinski definition) is 10. The van der Waals surface area contributed by atoms with Crippen LogP contribution in [0.3, 0.4) is 0 Å². The van der Waals surface area contributed by atoms with E-state index in [0.717, 1.165) is 13.7 Å². The Morgan fingerprint density at radius 1 is 1.08 bits per heavy atom. The van der Waals surface area contributed by atoms with Gasteiger partial charge >= 0.3 is 5.97 Å². The van der Waals surface area contributed by atoms with E-state index in [1.54, 1.807) is 12.1 Å². The molecule has 0 radical (unpaired) electrons. The molecule has 0 aromatic heterocycles. The number of carboxylic acids is 1. The van der Waals surface area contributed by atoms with Crippen molar-refractivity contribution in [3.63, 3.8) is 0 Å². The molecule has 1 aromatic carbocycles. The summed E-state index contributed by atoms with van der Waals surface area (Å²) < 4.78 is 21.6. The fraction of sp³-hybridized carbons (Fsp3) is 0.667. The minimum absolute atomic E-state index is 0.0218. The molecule has 12 heteroatoms.